The summed E-state index contributed by atoms with van der Waals surface area (Å²) in [5, 5.41) is 4.06. The molecule has 0 unspecified atom stereocenters. The van der Waals surface area contributed by atoms with Crippen molar-refractivity contribution in [3.8, 4) is 0 Å². The molecule has 5 nitrogen and oxygen atoms in total. The number of aromatic nitrogens is 3. The van der Waals surface area contributed by atoms with E-state index in [1.807, 2.05) is 55.9 Å². The summed E-state index contributed by atoms with van der Waals surface area (Å²) in [6.45, 7) is 1.92. The Kier molecular flexibility index (Phi) is 3.16. The number of hydrogen-bond acceptors (Lipinski definition) is 2. The van der Waals surface area contributed by atoms with Crippen LogP contribution in [0.5, 0.6) is 0 Å². The van der Waals surface area contributed by atoms with E-state index in [9.17, 15) is 4.79 Å². The average molecular weight is 318 g/mol. The zero-order chi connectivity index (χ0) is 16.8. The van der Waals surface area contributed by atoms with Crippen molar-refractivity contribution in [1.82, 2.24) is 14.1 Å². The first-order chi connectivity index (χ1) is 11.6. The summed E-state index contributed by atoms with van der Waals surface area (Å²) in [5.41, 5.74) is 5.52. The van der Waals surface area contributed by atoms with Crippen LogP contribution in [0.4, 0.5) is 5.69 Å². The molecular weight excluding hydrogens is 300 g/mol. The normalized spacial score (nSPS) is 11.3. The smallest absolute Gasteiger partial charge is 0.272 e. The number of benzene rings is 1. The molecule has 24 heavy (non-hydrogen) atoms. The number of fused-ring (bicyclic) bond motifs is 3. The third-order valence-corrected chi connectivity index (χ3v) is 4.50. The van der Waals surface area contributed by atoms with Crippen LogP contribution in [0.25, 0.3) is 21.9 Å². The predicted molar refractivity (Wildman–Crippen MR) is 96.3 cm³/mol. The lowest BCUT2D eigenvalue weighted by Gasteiger charge is -2.07. The van der Waals surface area contributed by atoms with Crippen molar-refractivity contribution in [2.24, 2.45) is 14.1 Å². The molecule has 4 aromatic rings. The SMILES string of the molecule is Cc1ccc(NC(=O)c2cc3c(c4ccccc4n3C)n2C)cn1. The highest BCUT2D eigenvalue weighted by Crippen LogP contribution is 2.30. The Morgan fingerprint density at radius 3 is 2.58 bits per heavy atom. The fourth-order valence-corrected chi connectivity index (χ4v) is 3.21. The van der Waals surface area contributed by atoms with Gasteiger partial charge in [0.1, 0.15) is 5.69 Å². The molecule has 0 radical (unpaired) electrons. The topological polar surface area (TPSA) is 51.9 Å². The number of para-hydroxylation sites is 1. The van der Waals surface area contributed by atoms with Gasteiger partial charge < -0.3 is 14.5 Å². The van der Waals surface area contributed by atoms with E-state index >= 15 is 0 Å². The Morgan fingerprint density at radius 2 is 1.83 bits per heavy atom. The highest BCUT2D eigenvalue weighted by atomic mass is 16.1. The molecule has 1 aromatic carbocycles. The fraction of sp³-hybridized carbons (Fsp3) is 0.158. The monoisotopic (exact) mass is 318 g/mol. The molecule has 1 amide bonds. The number of hydrogen-bond donors (Lipinski definition) is 1. The van der Waals surface area contributed by atoms with Gasteiger partial charge in [0.05, 0.1) is 28.4 Å². The Hall–Kier alpha value is -3.08. The number of carbonyl (C=O) groups is 1. The number of rotatable bonds is 2. The van der Waals surface area contributed by atoms with Crippen LogP contribution in [-0.2, 0) is 14.1 Å². The molecule has 0 atom stereocenters. The number of carbonyl (C=O) groups excluding carboxylic acids is 1. The van der Waals surface area contributed by atoms with Crippen LogP contribution in [0.15, 0.2) is 48.7 Å². The van der Waals surface area contributed by atoms with E-state index < -0.39 is 0 Å². The second kappa shape index (κ2) is 5.23. The number of aryl methyl sites for hydroxylation is 3. The lowest BCUT2D eigenvalue weighted by molar-refractivity contribution is 0.101. The van der Waals surface area contributed by atoms with E-state index in [-0.39, 0.29) is 5.91 Å². The third kappa shape index (κ3) is 2.09. The maximum Gasteiger partial charge on any atom is 0.272 e. The third-order valence-electron chi connectivity index (χ3n) is 4.50. The molecule has 1 N–H and O–H groups in total. The highest BCUT2D eigenvalue weighted by molar-refractivity contribution is 6.12. The summed E-state index contributed by atoms with van der Waals surface area (Å²) in [6.07, 6.45) is 1.67. The Labute approximate surface area is 139 Å². The van der Waals surface area contributed by atoms with Crippen LogP contribution in [0.2, 0.25) is 0 Å². The molecule has 0 saturated carbocycles. The molecular formula is C19H18N4O. The lowest BCUT2D eigenvalue weighted by atomic mass is 10.2. The Bertz CT molecular complexity index is 1070. The van der Waals surface area contributed by atoms with Crippen LogP contribution < -0.4 is 5.32 Å². The maximum atomic E-state index is 12.7. The van der Waals surface area contributed by atoms with Crippen molar-refractivity contribution in [2.75, 3.05) is 5.32 Å². The van der Waals surface area contributed by atoms with Gasteiger partial charge in [-0.1, -0.05) is 18.2 Å². The first-order valence-corrected chi connectivity index (χ1v) is 7.83. The minimum absolute atomic E-state index is 0.136. The molecule has 5 heteroatoms. The van der Waals surface area contributed by atoms with Gasteiger partial charge >= 0.3 is 0 Å². The van der Waals surface area contributed by atoms with Crippen molar-refractivity contribution in [1.29, 1.82) is 0 Å². The first-order valence-electron chi connectivity index (χ1n) is 7.83. The van der Waals surface area contributed by atoms with Gasteiger partial charge in [-0.25, -0.2) is 0 Å². The van der Waals surface area contributed by atoms with Crippen molar-refractivity contribution < 1.29 is 4.79 Å². The first kappa shape index (κ1) is 14.5. The standard InChI is InChI=1S/C19H18N4O/c1-12-8-9-13(11-20-12)21-19(24)17-10-16-18(23(17)3)14-6-4-5-7-15(14)22(16)2/h4-11H,1-3H3,(H,21,24). The zero-order valence-electron chi connectivity index (χ0n) is 13.9. The molecule has 120 valence electrons. The van der Waals surface area contributed by atoms with Gasteiger partial charge in [0.15, 0.2) is 0 Å². The molecule has 3 aromatic heterocycles. The molecule has 4 rings (SSSR count). The fourth-order valence-electron chi connectivity index (χ4n) is 3.21. The van der Waals surface area contributed by atoms with Gasteiger partial charge in [-0.2, -0.15) is 0 Å². The van der Waals surface area contributed by atoms with E-state index in [1.165, 1.54) is 0 Å². The van der Waals surface area contributed by atoms with Crippen LogP contribution in [-0.4, -0.2) is 20.0 Å². The molecule has 0 aliphatic carbocycles. The van der Waals surface area contributed by atoms with E-state index in [4.69, 9.17) is 0 Å². The van der Waals surface area contributed by atoms with Gasteiger partial charge in [0.2, 0.25) is 0 Å². The van der Waals surface area contributed by atoms with Gasteiger partial charge in [-0.3, -0.25) is 9.78 Å². The molecule has 3 heterocycles. The molecule has 0 aliphatic rings. The number of nitrogens with one attached hydrogen (secondary N) is 1. The van der Waals surface area contributed by atoms with E-state index in [0.717, 1.165) is 27.6 Å². The molecule has 0 spiro atoms. The minimum atomic E-state index is -0.136. The van der Waals surface area contributed by atoms with Gasteiger partial charge in [0, 0.05) is 25.2 Å². The quantitative estimate of drug-likeness (QED) is 0.613. The highest BCUT2D eigenvalue weighted by Gasteiger charge is 2.18. The number of anilines is 1. The van der Waals surface area contributed by atoms with Crippen LogP contribution in [0.3, 0.4) is 0 Å². The van der Waals surface area contributed by atoms with Gasteiger partial charge in [-0.05, 0) is 31.2 Å². The summed E-state index contributed by atoms with van der Waals surface area (Å²) >= 11 is 0. The lowest BCUT2D eigenvalue weighted by Crippen LogP contribution is -2.15. The zero-order valence-corrected chi connectivity index (χ0v) is 13.9. The second-order valence-electron chi connectivity index (χ2n) is 6.04. The Balaban J connectivity index is 1.79. The molecule has 0 saturated heterocycles. The summed E-state index contributed by atoms with van der Waals surface area (Å²) in [5.74, 6) is -0.136. The summed E-state index contributed by atoms with van der Waals surface area (Å²) < 4.78 is 4.07. The summed E-state index contributed by atoms with van der Waals surface area (Å²) in [6, 6.07) is 13.9. The summed E-state index contributed by atoms with van der Waals surface area (Å²) in [4.78, 5) is 16.9. The largest absolute Gasteiger partial charge is 0.342 e. The van der Waals surface area contributed by atoms with Crippen molar-refractivity contribution in [3.63, 3.8) is 0 Å². The van der Waals surface area contributed by atoms with Crippen LogP contribution in [0, 0.1) is 6.92 Å². The van der Waals surface area contributed by atoms with Gasteiger partial charge in [0.25, 0.3) is 5.91 Å². The summed E-state index contributed by atoms with van der Waals surface area (Å²) in [7, 11) is 3.95. The van der Waals surface area contributed by atoms with Crippen molar-refractivity contribution in [3.05, 3.63) is 60.0 Å². The predicted octanol–water partition coefficient (Wildman–Crippen LogP) is 3.63. The molecule has 0 bridgehead atoms. The minimum Gasteiger partial charge on any atom is -0.342 e. The second-order valence-corrected chi connectivity index (χ2v) is 6.04. The van der Waals surface area contributed by atoms with Crippen LogP contribution >= 0.6 is 0 Å². The van der Waals surface area contributed by atoms with E-state index in [1.54, 1.807) is 6.20 Å². The average Bonchev–Trinajstić information content (AvgIpc) is 3.07. The molecule has 0 aliphatic heterocycles. The van der Waals surface area contributed by atoms with Crippen molar-refractivity contribution in [2.45, 2.75) is 6.92 Å². The van der Waals surface area contributed by atoms with Crippen LogP contribution in [0.1, 0.15) is 16.2 Å². The number of nitrogens with zero attached hydrogens (tertiary/aromatic N) is 3. The van der Waals surface area contributed by atoms with E-state index in [0.29, 0.717) is 11.4 Å². The Morgan fingerprint density at radius 1 is 1.04 bits per heavy atom. The number of amides is 1. The molecule has 0 fully saturated rings. The van der Waals surface area contributed by atoms with E-state index in [2.05, 4.69) is 27.0 Å². The maximum absolute atomic E-state index is 12.7. The van der Waals surface area contributed by atoms with Gasteiger partial charge in [-0.15, -0.1) is 0 Å². The van der Waals surface area contributed by atoms with Crippen molar-refractivity contribution >= 4 is 33.5 Å². The number of pyridine rings is 1.